The molecule has 0 radical (unpaired) electrons. The van der Waals surface area contributed by atoms with E-state index in [1.54, 1.807) is 0 Å². The van der Waals surface area contributed by atoms with Crippen LogP contribution in [0.5, 0.6) is 0 Å². The van der Waals surface area contributed by atoms with Crippen molar-refractivity contribution in [2.24, 2.45) is 4.36 Å². The van der Waals surface area contributed by atoms with Gasteiger partial charge in [-0.05, 0) is 12.1 Å². The first-order valence-electron chi connectivity index (χ1n) is 5.07. The number of alkyl halides is 3. The monoisotopic (exact) mass is 348 g/mol. The minimum Gasteiger partial charge on any atom is -0.398 e. The summed E-state index contributed by atoms with van der Waals surface area (Å²) in [7, 11) is -6.69. The quantitative estimate of drug-likeness (QED) is 0.625. The Balaban J connectivity index is 0.000000384. The van der Waals surface area contributed by atoms with Crippen LogP contribution in [-0.4, -0.2) is 33.7 Å². The first-order chi connectivity index (χ1) is 9.43. The van der Waals surface area contributed by atoms with E-state index in [-0.39, 0.29) is 5.69 Å². The molecule has 1 aromatic carbocycles. The molecular formula is C9H11F3N2O5S2. The van der Waals surface area contributed by atoms with Gasteiger partial charge in [-0.1, -0.05) is 12.1 Å². The van der Waals surface area contributed by atoms with Crippen LogP contribution in [-0.2, 0) is 26.8 Å². The number of halogens is 3. The maximum atomic E-state index is 12.0. The van der Waals surface area contributed by atoms with Crippen molar-refractivity contribution in [3.63, 3.8) is 0 Å². The Kier molecular flexibility index (Phi) is 7.32. The lowest BCUT2D eigenvalue weighted by Gasteiger charge is -2.07. The molecule has 1 aromatic rings. The number of para-hydroxylation sites is 1. The highest BCUT2D eigenvalue weighted by Gasteiger charge is 2.32. The van der Waals surface area contributed by atoms with E-state index in [2.05, 4.69) is 4.36 Å². The van der Waals surface area contributed by atoms with E-state index in [0.717, 1.165) is 6.07 Å². The summed E-state index contributed by atoms with van der Waals surface area (Å²) in [6.45, 7) is -0.436. The molecule has 0 fully saturated rings. The van der Waals surface area contributed by atoms with E-state index in [4.69, 9.17) is 10.3 Å². The number of hydrogen-bond donors (Lipinski definition) is 2. The molecule has 21 heavy (non-hydrogen) atoms. The summed E-state index contributed by atoms with van der Waals surface area (Å²) in [4.78, 5) is 0. The number of nitrogens with two attached hydrogens (primary N) is 1. The summed E-state index contributed by atoms with van der Waals surface area (Å²) in [5.74, 6) is -0.666. The number of nitrogens with zero attached hydrogens (tertiary/aromatic N) is 1. The van der Waals surface area contributed by atoms with E-state index in [0.29, 0.717) is 0 Å². The first-order valence-corrected chi connectivity index (χ1v) is 7.71. The van der Waals surface area contributed by atoms with Crippen LogP contribution in [0.4, 0.5) is 18.9 Å². The van der Waals surface area contributed by atoms with Gasteiger partial charge in [-0.2, -0.15) is 34.4 Å². The van der Waals surface area contributed by atoms with Gasteiger partial charge < -0.3 is 5.73 Å². The molecule has 120 valence electrons. The van der Waals surface area contributed by atoms with Crippen LogP contribution in [0.3, 0.4) is 0 Å². The van der Waals surface area contributed by atoms with Crippen LogP contribution in [0.15, 0.2) is 28.6 Å². The molecule has 0 aliphatic carbocycles. The topological polar surface area (TPSA) is 127 Å². The van der Waals surface area contributed by atoms with Crippen molar-refractivity contribution >= 4 is 26.3 Å². The summed E-state index contributed by atoms with van der Waals surface area (Å²) in [6.07, 6.45) is -4.34. The lowest BCUT2D eigenvalue weighted by atomic mass is 10.2. The average molecular weight is 348 g/mol. The van der Waals surface area contributed by atoms with Crippen LogP contribution in [0, 0.1) is 0 Å². The van der Waals surface area contributed by atoms with Gasteiger partial charge in [0.1, 0.15) is 0 Å². The third-order valence-corrected chi connectivity index (χ3v) is 2.90. The number of rotatable bonds is 3. The van der Waals surface area contributed by atoms with Gasteiger partial charge in [-0.25, -0.2) is 0 Å². The molecule has 0 aliphatic rings. The fourth-order valence-electron chi connectivity index (χ4n) is 0.982. The predicted octanol–water partition coefficient (Wildman–Crippen LogP) is 1.22. The van der Waals surface area contributed by atoms with Gasteiger partial charge in [0, 0.05) is 5.69 Å². The standard InChI is InChI=1S/C7H6F3N.C2H5NO5S2/c8-7(9,10)5-3-1-2-4-6(5)11;4-9(5)3-1-2-10(6,7)8/h1-4H,11H2;1-2H2,(H,6,7,8). The number of benzene rings is 1. The zero-order chi connectivity index (χ0) is 16.7. The molecule has 1 rings (SSSR count). The molecule has 7 nitrogen and oxygen atoms in total. The Morgan fingerprint density at radius 1 is 1.24 bits per heavy atom. The normalized spacial score (nSPS) is 11.2. The minimum absolute atomic E-state index is 0.236. The molecule has 0 amide bonds. The van der Waals surface area contributed by atoms with E-state index >= 15 is 0 Å². The van der Waals surface area contributed by atoms with Crippen molar-refractivity contribution in [3.05, 3.63) is 29.8 Å². The van der Waals surface area contributed by atoms with Crippen LogP contribution in [0.2, 0.25) is 0 Å². The third-order valence-electron chi connectivity index (χ3n) is 1.81. The summed E-state index contributed by atoms with van der Waals surface area (Å²) in [5, 5.41) is 0. The lowest BCUT2D eigenvalue weighted by Crippen LogP contribution is -2.07. The van der Waals surface area contributed by atoms with Crippen molar-refractivity contribution < 1.29 is 34.6 Å². The molecule has 0 saturated carbocycles. The highest BCUT2D eigenvalue weighted by molar-refractivity contribution is 7.85. The number of nitrogen functional groups attached to an aromatic ring is 1. The number of anilines is 1. The Labute approximate surface area is 120 Å². The lowest BCUT2D eigenvalue weighted by molar-refractivity contribution is -0.136. The summed E-state index contributed by atoms with van der Waals surface area (Å²) < 4.78 is 85.8. The first kappa shape index (κ1) is 19.3. The molecular weight excluding hydrogens is 337 g/mol. The molecule has 0 saturated heterocycles. The molecule has 3 N–H and O–H groups in total. The third kappa shape index (κ3) is 9.81. The maximum absolute atomic E-state index is 12.0. The van der Waals surface area contributed by atoms with Crippen LogP contribution in [0.25, 0.3) is 0 Å². The van der Waals surface area contributed by atoms with Gasteiger partial charge in [0.2, 0.25) is 0 Å². The van der Waals surface area contributed by atoms with Gasteiger partial charge in [-0.3, -0.25) is 4.55 Å². The van der Waals surface area contributed by atoms with Gasteiger partial charge in [-0.15, -0.1) is 0 Å². The zero-order valence-electron chi connectivity index (χ0n) is 10.3. The Hall–Kier alpha value is -1.66. The summed E-state index contributed by atoms with van der Waals surface area (Å²) >= 11 is 0. The van der Waals surface area contributed by atoms with Crippen LogP contribution < -0.4 is 5.73 Å². The summed E-state index contributed by atoms with van der Waals surface area (Å²) in [6, 6.07) is 4.95. The molecule has 0 spiro atoms. The predicted molar refractivity (Wildman–Crippen MR) is 68.5 cm³/mol. The SMILES string of the molecule is Nc1ccccc1C(F)(F)F.O=S(=O)=NCCS(=O)(=O)O. The second-order valence-electron chi connectivity index (χ2n) is 3.44. The average Bonchev–Trinajstić information content (AvgIpc) is 2.26. The van der Waals surface area contributed by atoms with Gasteiger partial charge in [0.05, 0.1) is 17.9 Å². The molecule has 0 heterocycles. The minimum atomic E-state index is -4.34. The van der Waals surface area contributed by atoms with Gasteiger partial charge >= 0.3 is 16.7 Å². The van der Waals surface area contributed by atoms with Crippen molar-refractivity contribution in [1.29, 1.82) is 0 Å². The molecule has 0 aromatic heterocycles. The fourth-order valence-corrected chi connectivity index (χ4v) is 1.66. The molecule has 0 atom stereocenters. The van der Waals surface area contributed by atoms with E-state index < -0.39 is 44.7 Å². The van der Waals surface area contributed by atoms with Crippen molar-refractivity contribution in [2.75, 3.05) is 18.0 Å². The second-order valence-corrected chi connectivity index (χ2v) is 5.71. The van der Waals surface area contributed by atoms with Crippen molar-refractivity contribution in [2.45, 2.75) is 6.18 Å². The van der Waals surface area contributed by atoms with Crippen LogP contribution >= 0.6 is 0 Å². The van der Waals surface area contributed by atoms with Gasteiger partial charge in [0.25, 0.3) is 10.1 Å². The van der Waals surface area contributed by atoms with E-state index in [1.807, 2.05) is 0 Å². The highest BCUT2D eigenvalue weighted by atomic mass is 32.2. The molecule has 12 heteroatoms. The maximum Gasteiger partial charge on any atom is 0.418 e. The largest absolute Gasteiger partial charge is 0.418 e. The van der Waals surface area contributed by atoms with Crippen LogP contribution in [0.1, 0.15) is 5.56 Å². The highest BCUT2D eigenvalue weighted by Crippen LogP contribution is 2.32. The Morgan fingerprint density at radius 2 is 1.76 bits per heavy atom. The summed E-state index contributed by atoms with van der Waals surface area (Å²) in [5.41, 5.74) is 4.07. The van der Waals surface area contributed by atoms with E-state index in [9.17, 15) is 30.0 Å². The van der Waals surface area contributed by atoms with E-state index in [1.165, 1.54) is 18.2 Å². The number of hydrogen-bond acceptors (Lipinski definition) is 6. The van der Waals surface area contributed by atoms with Crippen molar-refractivity contribution in [3.8, 4) is 0 Å². The molecule has 0 bridgehead atoms. The Morgan fingerprint density at radius 3 is 2.10 bits per heavy atom. The smallest absolute Gasteiger partial charge is 0.398 e. The Bertz CT molecular complexity index is 690. The van der Waals surface area contributed by atoms with Gasteiger partial charge in [0.15, 0.2) is 0 Å². The zero-order valence-corrected chi connectivity index (χ0v) is 11.9. The molecule has 0 aliphatic heterocycles. The second kappa shape index (κ2) is 7.95. The van der Waals surface area contributed by atoms with Crippen molar-refractivity contribution in [1.82, 2.24) is 0 Å². The molecule has 0 unspecified atom stereocenters. The fraction of sp³-hybridized carbons (Fsp3) is 0.333.